The third-order valence-corrected chi connectivity index (χ3v) is 3.95. The van der Waals surface area contributed by atoms with Crippen LogP contribution in [0.4, 0.5) is 11.5 Å². The number of nitrogen functional groups attached to an aromatic ring is 1. The Hall–Kier alpha value is -2.07. The van der Waals surface area contributed by atoms with Crippen LogP contribution >= 0.6 is 11.3 Å². The number of nitrogens with two attached hydrogens (primary N) is 1. The number of nitrogens with zero attached hydrogens (tertiary/aromatic N) is 1. The lowest BCUT2D eigenvalue weighted by molar-refractivity contribution is 1.38. The highest BCUT2D eigenvalue weighted by Crippen LogP contribution is 2.36. The average Bonchev–Trinajstić information content (AvgIpc) is 2.84. The van der Waals surface area contributed by atoms with E-state index in [1.807, 2.05) is 13.1 Å². The van der Waals surface area contributed by atoms with Crippen LogP contribution in [0.1, 0.15) is 0 Å². The van der Waals surface area contributed by atoms with Crippen molar-refractivity contribution in [3.8, 4) is 11.1 Å². The number of benzene rings is 1. The Morgan fingerprint density at radius 1 is 1.17 bits per heavy atom. The first kappa shape index (κ1) is 11.0. The van der Waals surface area contributed by atoms with Gasteiger partial charge in [0.15, 0.2) is 0 Å². The lowest BCUT2D eigenvalue weighted by Gasteiger charge is -2.04. The molecule has 3 nitrogen and oxygen atoms in total. The van der Waals surface area contributed by atoms with Crippen molar-refractivity contribution in [1.29, 1.82) is 0 Å². The monoisotopic (exact) mass is 255 g/mol. The van der Waals surface area contributed by atoms with E-state index in [4.69, 9.17) is 5.73 Å². The molecule has 3 rings (SSSR count). The normalized spacial score (nSPS) is 10.7. The van der Waals surface area contributed by atoms with Crippen LogP contribution in [-0.2, 0) is 0 Å². The zero-order chi connectivity index (χ0) is 12.5. The summed E-state index contributed by atoms with van der Waals surface area (Å²) in [5, 5.41) is 6.30. The second kappa shape index (κ2) is 4.31. The Kier molecular flexibility index (Phi) is 2.64. The van der Waals surface area contributed by atoms with Crippen LogP contribution in [0.25, 0.3) is 21.2 Å². The third kappa shape index (κ3) is 1.71. The first-order chi connectivity index (χ1) is 8.79. The van der Waals surface area contributed by atoms with Gasteiger partial charge < -0.3 is 11.1 Å². The van der Waals surface area contributed by atoms with Crippen molar-refractivity contribution >= 4 is 32.9 Å². The molecule has 0 aliphatic rings. The topological polar surface area (TPSA) is 50.9 Å². The summed E-state index contributed by atoms with van der Waals surface area (Å²) in [7, 11) is 1.91. The summed E-state index contributed by atoms with van der Waals surface area (Å²) in [6, 6.07) is 10.3. The van der Waals surface area contributed by atoms with Gasteiger partial charge in [0.2, 0.25) is 0 Å². The van der Waals surface area contributed by atoms with E-state index in [0.717, 1.165) is 16.6 Å². The average molecular weight is 255 g/mol. The van der Waals surface area contributed by atoms with Crippen molar-refractivity contribution in [3.05, 3.63) is 41.9 Å². The number of hydrogen-bond acceptors (Lipinski definition) is 4. The molecule has 0 atom stereocenters. The van der Waals surface area contributed by atoms with Gasteiger partial charge in [0.1, 0.15) is 5.82 Å². The maximum absolute atomic E-state index is 5.98. The number of hydrogen-bond donors (Lipinski definition) is 2. The largest absolute Gasteiger partial charge is 0.388 e. The Labute approximate surface area is 109 Å². The third-order valence-electron chi connectivity index (χ3n) is 3.00. The maximum Gasteiger partial charge on any atom is 0.132 e. The molecule has 0 amide bonds. The zero-order valence-electron chi connectivity index (χ0n) is 9.97. The molecule has 0 radical (unpaired) electrons. The molecule has 1 aromatic carbocycles. The summed E-state index contributed by atoms with van der Waals surface area (Å²) in [5.74, 6) is 0.599. The number of fused-ring (bicyclic) bond motifs is 1. The van der Waals surface area contributed by atoms with E-state index in [0.29, 0.717) is 5.82 Å². The second-order valence-electron chi connectivity index (χ2n) is 4.05. The number of nitrogens with one attached hydrogen (secondary N) is 1. The van der Waals surface area contributed by atoms with Crippen molar-refractivity contribution in [2.75, 3.05) is 18.1 Å². The quantitative estimate of drug-likeness (QED) is 0.735. The molecule has 0 saturated carbocycles. The fourth-order valence-electron chi connectivity index (χ4n) is 2.04. The summed E-state index contributed by atoms with van der Waals surface area (Å²) in [6.07, 6.45) is 1.75. The minimum Gasteiger partial charge on any atom is -0.388 e. The molecule has 18 heavy (non-hydrogen) atoms. The fraction of sp³-hybridized carbons (Fsp3) is 0.0714. The van der Waals surface area contributed by atoms with E-state index in [9.17, 15) is 0 Å². The van der Waals surface area contributed by atoms with Gasteiger partial charge in [0, 0.05) is 34.6 Å². The van der Waals surface area contributed by atoms with Crippen LogP contribution in [0.15, 0.2) is 41.9 Å². The molecule has 3 aromatic rings. The molecule has 2 aromatic heterocycles. The first-order valence-electron chi connectivity index (χ1n) is 5.69. The summed E-state index contributed by atoms with van der Waals surface area (Å²) in [4.78, 5) is 4.17. The standard InChI is InChI=1S/C14H13N3S/c1-16-10-4-2-9(3-5-10)11-8-18-12-6-7-17-14(15)13(11)12/h2-8,16H,1H3,(H2,15,17). The molecule has 90 valence electrons. The van der Waals surface area contributed by atoms with Gasteiger partial charge in [-0.2, -0.15) is 0 Å². The van der Waals surface area contributed by atoms with Crippen LogP contribution in [0.2, 0.25) is 0 Å². The molecule has 3 N–H and O–H groups in total. The van der Waals surface area contributed by atoms with Crippen molar-refractivity contribution in [3.63, 3.8) is 0 Å². The van der Waals surface area contributed by atoms with Gasteiger partial charge in [-0.1, -0.05) is 12.1 Å². The van der Waals surface area contributed by atoms with E-state index in [1.54, 1.807) is 17.5 Å². The fourth-order valence-corrected chi connectivity index (χ4v) is 3.01. The highest BCUT2D eigenvalue weighted by molar-refractivity contribution is 7.17. The highest BCUT2D eigenvalue weighted by atomic mass is 32.1. The lowest BCUT2D eigenvalue weighted by atomic mass is 10.1. The van der Waals surface area contributed by atoms with Gasteiger partial charge in [-0.3, -0.25) is 0 Å². The van der Waals surface area contributed by atoms with Gasteiger partial charge in [-0.25, -0.2) is 4.98 Å². The summed E-state index contributed by atoms with van der Waals surface area (Å²) >= 11 is 1.70. The molecule has 0 saturated heterocycles. The SMILES string of the molecule is CNc1ccc(-c2csc3ccnc(N)c23)cc1. The number of pyridine rings is 1. The molecule has 0 aliphatic carbocycles. The van der Waals surface area contributed by atoms with Crippen LogP contribution in [0.5, 0.6) is 0 Å². The Morgan fingerprint density at radius 2 is 1.94 bits per heavy atom. The molecule has 0 spiro atoms. The molecule has 0 bridgehead atoms. The molecule has 2 heterocycles. The summed E-state index contributed by atoms with van der Waals surface area (Å²) < 4.78 is 1.18. The smallest absolute Gasteiger partial charge is 0.132 e. The summed E-state index contributed by atoms with van der Waals surface area (Å²) in [6.45, 7) is 0. The van der Waals surface area contributed by atoms with Gasteiger partial charge in [0.05, 0.1) is 0 Å². The van der Waals surface area contributed by atoms with Crippen LogP contribution < -0.4 is 11.1 Å². The van der Waals surface area contributed by atoms with Crippen LogP contribution in [0.3, 0.4) is 0 Å². The van der Waals surface area contributed by atoms with E-state index < -0.39 is 0 Å². The first-order valence-corrected chi connectivity index (χ1v) is 6.57. The molecular formula is C14H13N3S. The van der Waals surface area contributed by atoms with E-state index >= 15 is 0 Å². The van der Waals surface area contributed by atoms with Crippen LogP contribution in [0, 0.1) is 0 Å². The zero-order valence-corrected chi connectivity index (χ0v) is 10.8. The van der Waals surface area contributed by atoms with E-state index in [1.165, 1.54) is 10.3 Å². The minimum atomic E-state index is 0.599. The van der Waals surface area contributed by atoms with Gasteiger partial charge >= 0.3 is 0 Å². The van der Waals surface area contributed by atoms with Crippen molar-refractivity contribution in [2.45, 2.75) is 0 Å². The van der Waals surface area contributed by atoms with Crippen molar-refractivity contribution in [1.82, 2.24) is 4.98 Å². The predicted octanol–water partition coefficient (Wildman–Crippen LogP) is 3.59. The highest BCUT2D eigenvalue weighted by Gasteiger charge is 2.09. The Balaban J connectivity index is 2.18. The number of thiophene rings is 1. The molecule has 0 unspecified atom stereocenters. The van der Waals surface area contributed by atoms with Crippen LogP contribution in [-0.4, -0.2) is 12.0 Å². The predicted molar refractivity (Wildman–Crippen MR) is 79.0 cm³/mol. The second-order valence-corrected chi connectivity index (χ2v) is 4.96. The van der Waals surface area contributed by atoms with Crippen molar-refractivity contribution in [2.24, 2.45) is 0 Å². The molecular weight excluding hydrogens is 242 g/mol. The number of anilines is 2. The van der Waals surface area contributed by atoms with Crippen molar-refractivity contribution < 1.29 is 0 Å². The summed E-state index contributed by atoms with van der Waals surface area (Å²) in [5.41, 5.74) is 9.40. The maximum atomic E-state index is 5.98. The Morgan fingerprint density at radius 3 is 2.67 bits per heavy atom. The minimum absolute atomic E-state index is 0.599. The lowest BCUT2D eigenvalue weighted by Crippen LogP contribution is -1.90. The van der Waals surface area contributed by atoms with Gasteiger partial charge in [0.25, 0.3) is 0 Å². The molecule has 4 heteroatoms. The molecule has 0 fully saturated rings. The number of rotatable bonds is 2. The van der Waals surface area contributed by atoms with Gasteiger partial charge in [-0.15, -0.1) is 11.3 Å². The molecule has 0 aliphatic heterocycles. The van der Waals surface area contributed by atoms with E-state index in [-0.39, 0.29) is 0 Å². The Bertz CT molecular complexity index is 686. The van der Waals surface area contributed by atoms with Gasteiger partial charge in [-0.05, 0) is 29.1 Å². The van der Waals surface area contributed by atoms with E-state index in [2.05, 4.69) is 39.9 Å². The number of aromatic nitrogens is 1.